The van der Waals surface area contributed by atoms with E-state index in [2.05, 4.69) is 10.3 Å². The minimum absolute atomic E-state index is 0.328. The smallest absolute Gasteiger partial charge is 0.355 e. The molecular weight excluding hydrogens is 292 g/mol. The average Bonchev–Trinajstić information content (AvgIpc) is 2.97. The number of aryl methyl sites for hydroxylation is 1. The normalized spacial score (nSPS) is 10.5. The summed E-state index contributed by atoms with van der Waals surface area (Å²) in [6, 6.07) is 16.7. The first-order chi connectivity index (χ1) is 11.1. The molecule has 116 valence electrons. The van der Waals surface area contributed by atoms with Crippen molar-refractivity contribution in [2.24, 2.45) is 0 Å². The molecule has 0 aliphatic rings. The van der Waals surface area contributed by atoms with E-state index in [1.807, 2.05) is 49.4 Å². The summed E-state index contributed by atoms with van der Waals surface area (Å²) < 4.78 is 5.04. The Morgan fingerprint density at radius 1 is 1.09 bits per heavy atom. The number of carbonyl (C=O) groups is 2. The molecule has 0 aliphatic heterocycles. The molecule has 3 rings (SSSR count). The van der Waals surface area contributed by atoms with Crippen LogP contribution in [0.15, 0.2) is 54.6 Å². The highest BCUT2D eigenvalue weighted by atomic mass is 16.5. The largest absolute Gasteiger partial charge is 0.451 e. The van der Waals surface area contributed by atoms with Crippen molar-refractivity contribution in [3.63, 3.8) is 0 Å². The van der Waals surface area contributed by atoms with Crippen LogP contribution in [0.3, 0.4) is 0 Å². The van der Waals surface area contributed by atoms with Gasteiger partial charge in [-0.3, -0.25) is 4.79 Å². The number of para-hydroxylation sites is 1. The van der Waals surface area contributed by atoms with E-state index in [1.165, 1.54) is 0 Å². The fourth-order valence-corrected chi connectivity index (χ4v) is 2.31. The molecule has 5 heteroatoms. The maximum Gasteiger partial charge on any atom is 0.355 e. The number of ether oxygens (including phenoxy) is 1. The molecule has 1 aromatic heterocycles. The molecule has 2 aromatic carbocycles. The van der Waals surface area contributed by atoms with E-state index in [0.717, 1.165) is 16.5 Å². The molecule has 1 heterocycles. The van der Waals surface area contributed by atoms with Crippen molar-refractivity contribution < 1.29 is 14.3 Å². The van der Waals surface area contributed by atoms with Crippen LogP contribution >= 0.6 is 0 Å². The second-order valence-corrected chi connectivity index (χ2v) is 5.26. The van der Waals surface area contributed by atoms with Crippen LogP contribution in [0.1, 0.15) is 16.1 Å². The molecule has 1 amide bonds. The predicted molar refractivity (Wildman–Crippen MR) is 88.4 cm³/mol. The third-order valence-corrected chi connectivity index (χ3v) is 3.39. The van der Waals surface area contributed by atoms with Crippen molar-refractivity contribution in [2.75, 3.05) is 11.9 Å². The number of esters is 1. The first-order valence-corrected chi connectivity index (χ1v) is 7.23. The van der Waals surface area contributed by atoms with Gasteiger partial charge in [0.15, 0.2) is 6.61 Å². The van der Waals surface area contributed by atoms with Crippen LogP contribution in [-0.4, -0.2) is 23.5 Å². The highest BCUT2D eigenvalue weighted by molar-refractivity contribution is 5.97. The monoisotopic (exact) mass is 308 g/mol. The average molecular weight is 308 g/mol. The van der Waals surface area contributed by atoms with E-state index in [4.69, 9.17) is 4.74 Å². The van der Waals surface area contributed by atoms with Gasteiger partial charge in [0.2, 0.25) is 0 Å². The second-order valence-electron chi connectivity index (χ2n) is 5.26. The Kier molecular flexibility index (Phi) is 4.10. The minimum Gasteiger partial charge on any atom is -0.451 e. The number of fused-ring (bicyclic) bond motifs is 1. The van der Waals surface area contributed by atoms with Crippen molar-refractivity contribution in [2.45, 2.75) is 6.92 Å². The number of rotatable bonds is 4. The zero-order chi connectivity index (χ0) is 16.2. The molecule has 0 saturated heterocycles. The summed E-state index contributed by atoms with van der Waals surface area (Å²) in [5, 5.41) is 3.61. The number of nitrogens with one attached hydrogen (secondary N) is 2. The minimum atomic E-state index is -0.555. The lowest BCUT2D eigenvalue weighted by molar-refractivity contribution is -0.119. The molecule has 0 spiro atoms. The van der Waals surface area contributed by atoms with E-state index in [0.29, 0.717) is 11.4 Å². The number of benzene rings is 2. The lowest BCUT2D eigenvalue weighted by atomic mass is 10.2. The summed E-state index contributed by atoms with van der Waals surface area (Å²) in [4.78, 5) is 26.8. The quantitative estimate of drug-likeness (QED) is 0.727. The molecule has 0 fully saturated rings. The molecule has 3 aromatic rings. The maximum absolute atomic E-state index is 12.0. The van der Waals surface area contributed by atoms with Gasteiger partial charge < -0.3 is 15.0 Å². The second kappa shape index (κ2) is 6.36. The van der Waals surface area contributed by atoms with Gasteiger partial charge in [0, 0.05) is 16.6 Å². The Balaban J connectivity index is 1.59. The zero-order valence-electron chi connectivity index (χ0n) is 12.6. The summed E-state index contributed by atoms with van der Waals surface area (Å²) in [5.74, 6) is -0.930. The van der Waals surface area contributed by atoms with Gasteiger partial charge in [0.25, 0.3) is 5.91 Å². The number of aromatic nitrogens is 1. The van der Waals surface area contributed by atoms with Crippen molar-refractivity contribution in [1.29, 1.82) is 0 Å². The summed E-state index contributed by atoms with van der Waals surface area (Å²) in [6.45, 7) is 1.60. The number of aromatic amines is 1. The van der Waals surface area contributed by atoms with Crippen molar-refractivity contribution >= 4 is 28.5 Å². The fraction of sp³-hybridized carbons (Fsp3) is 0.111. The van der Waals surface area contributed by atoms with Crippen LogP contribution in [-0.2, 0) is 9.53 Å². The van der Waals surface area contributed by atoms with E-state index in [-0.39, 0.29) is 12.5 Å². The number of hydrogen-bond donors (Lipinski definition) is 2. The third-order valence-electron chi connectivity index (χ3n) is 3.39. The van der Waals surface area contributed by atoms with Crippen LogP contribution in [0.2, 0.25) is 0 Å². The lowest BCUT2D eigenvalue weighted by Gasteiger charge is -2.06. The Labute approximate surface area is 133 Å². The summed E-state index contributed by atoms with van der Waals surface area (Å²) in [5.41, 5.74) is 2.90. The van der Waals surface area contributed by atoms with Gasteiger partial charge in [-0.05, 0) is 36.8 Å². The number of hydrogen-bond acceptors (Lipinski definition) is 3. The van der Waals surface area contributed by atoms with Gasteiger partial charge in [-0.2, -0.15) is 0 Å². The highest BCUT2D eigenvalue weighted by Gasteiger charge is 2.13. The Bertz CT molecular complexity index is 834. The SMILES string of the molecule is Cc1cccc(NC(=O)COC(=O)c2cc3ccccc3[nH]2)c1. The summed E-state index contributed by atoms with van der Waals surface area (Å²) >= 11 is 0. The van der Waals surface area contributed by atoms with Gasteiger partial charge in [-0.25, -0.2) is 4.79 Å². The molecule has 0 bridgehead atoms. The zero-order valence-corrected chi connectivity index (χ0v) is 12.6. The molecule has 2 N–H and O–H groups in total. The topological polar surface area (TPSA) is 71.2 Å². The molecular formula is C18H16N2O3. The van der Waals surface area contributed by atoms with Gasteiger partial charge in [0.05, 0.1) is 0 Å². The van der Waals surface area contributed by atoms with Crippen LogP contribution in [0, 0.1) is 6.92 Å². The molecule has 0 radical (unpaired) electrons. The maximum atomic E-state index is 12.0. The van der Waals surface area contributed by atoms with Gasteiger partial charge in [-0.1, -0.05) is 30.3 Å². The standard InChI is InChI=1S/C18H16N2O3/c1-12-5-4-7-14(9-12)19-17(21)11-23-18(22)16-10-13-6-2-3-8-15(13)20-16/h2-10,20H,11H2,1H3,(H,19,21). The summed E-state index contributed by atoms with van der Waals surface area (Å²) in [6.07, 6.45) is 0. The number of amides is 1. The van der Waals surface area contributed by atoms with Crippen molar-refractivity contribution in [1.82, 2.24) is 4.98 Å². The number of H-pyrrole nitrogens is 1. The van der Waals surface area contributed by atoms with E-state index in [1.54, 1.807) is 12.1 Å². The lowest BCUT2D eigenvalue weighted by Crippen LogP contribution is -2.21. The molecule has 5 nitrogen and oxygen atoms in total. The van der Waals surface area contributed by atoms with Gasteiger partial charge in [-0.15, -0.1) is 0 Å². The van der Waals surface area contributed by atoms with E-state index >= 15 is 0 Å². The summed E-state index contributed by atoms with van der Waals surface area (Å²) in [7, 11) is 0. The third kappa shape index (κ3) is 3.58. The van der Waals surface area contributed by atoms with Crippen LogP contribution in [0.25, 0.3) is 10.9 Å². The molecule has 0 atom stereocenters. The van der Waals surface area contributed by atoms with E-state index in [9.17, 15) is 9.59 Å². The van der Waals surface area contributed by atoms with Crippen LogP contribution in [0.4, 0.5) is 5.69 Å². The van der Waals surface area contributed by atoms with Crippen LogP contribution < -0.4 is 5.32 Å². The molecule has 0 unspecified atom stereocenters. The molecule has 0 saturated carbocycles. The van der Waals surface area contributed by atoms with Crippen LogP contribution in [0.5, 0.6) is 0 Å². The van der Waals surface area contributed by atoms with Crippen molar-refractivity contribution in [3.8, 4) is 0 Å². The first kappa shape index (κ1) is 14.8. The predicted octanol–water partition coefficient (Wildman–Crippen LogP) is 3.27. The number of carbonyl (C=O) groups excluding carboxylic acids is 2. The Hall–Kier alpha value is -3.08. The van der Waals surface area contributed by atoms with Crippen molar-refractivity contribution in [3.05, 3.63) is 65.9 Å². The Morgan fingerprint density at radius 3 is 2.70 bits per heavy atom. The van der Waals surface area contributed by atoms with Gasteiger partial charge in [0.1, 0.15) is 5.69 Å². The van der Waals surface area contributed by atoms with Gasteiger partial charge >= 0.3 is 5.97 Å². The molecule has 23 heavy (non-hydrogen) atoms. The van der Waals surface area contributed by atoms with E-state index < -0.39 is 5.97 Å². The Morgan fingerprint density at radius 2 is 1.91 bits per heavy atom. The number of anilines is 1. The first-order valence-electron chi connectivity index (χ1n) is 7.23. The molecule has 0 aliphatic carbocycles. The highest BCUT2D eigenvalue weighted by Crippen LogP contribution is 2.15. The fourth-order valence-electron chi connectivity index (χ4n) is 2.31.